The Bertz CT molecular complexity index is 398. The van der Waals surface area contributed by atoms with Gasteiger partial charge in [0.1, 0.15) is 5.69 Å². The lowest BCUT2D eigenvalue weighted by Gasteiger charge is -2.06. The van der Waals surface area contributed by atoms with Crippen LogP contribution < -0.4 is 10.6 Å². The van der Waals surface area contributed by atoms with Crippen LogP contribution >= 0.6 is 11.8 Å². The number of nitrogens with one attached hydrogen (secondary N) is 2. The Balaban J connectivity index is 2.48. The van der Waals surface area contributed by atoms with Gasteiger partial charge in [-0.1, -0.05) is 6.92 Å². The molecule has 0 atom stereocenters. The molecule has 0 bridgehead atoms. The molecule has 1 heterocycles. The monoisotopic (exact) mass is 268 g/mol. The van der Waals surface area contributed by atoms with Crippen LogP contribution in [0.3, 0.4) is 0 Å². The van der Waals surface area contributed by atoms with Crippen molar-refractivity contribution in [3.63, 3.8) is 0 Å². The lowest BCUT2D eigenvalue weighted by molar-refractivity contribution is 0.0948. The average molecular weight is 268 g/mol. The average Bonchev–Trinajstić information content (AvgIpc) is 2.37. The number of hydrogen-bond acceptors (Lipinski definition) is 5. The maximum Gasteiger partial charge on any atom is 0.270 e. The number of thioether (sulfide) groups is 1. The van der Waals surface area contributed by atoms with E-state index in [9.17, 15) is 4.79 Å². The Kier molecular flexibility index (Phi) is 6.49. The van der Waals surface area contributed by atoms with Gasteiger partial charge in [0.05, 0.1) is 0 Å². The van der Waals surface area contributed by atoms with Crippen LogP contribution in [0, 0.1) is 6.92 Å². The fourth-order valence-electron chi connectivity index (χ4n) is 1.41. The maximum absolute atomic E-state index is 11.9. The van der Waals surface area contributed by atoms with E-state index in [1.807, 2.05) is 18.7 Å². The topological polar surface area (TPSA) is 66.9 Å². The van der Waals surface area contributed by atoms with Gasteiger partial charge in [-0.15, -0.1) is 0 Å². The molecule has 0 saturated heterocycles. The molecule has 0 aliphatic heterocycles. The highest BCUT2D eigenvalue weighted by Crippen LogP contribution is 2.04. The van der Waals surface area contributed by atoms with Gasteiger partial charge in [0.2, 0.25) is 5.95 Å². The molecule has 100 valence electrons. The second-order valence-electron chi connectivity index (χ2n) is 3.77. The molecule has 0 radical (unpaired) electrons. The Morgan fingerprint density at radius 1 is 1.44 bits per heavy atom. The molecule has 0 aliphatic carbocycles. The summed E-state index contributed by atoms with van der Waals surface area (Å²) in [4.78, 5) is 20.1. The SMILES string of the molecule is CCSCCCNC(=O)c1cc(C)nc(NC)n1. The minimum Gasteiger partial charge on any atom is -0.357 e. The third kappa shape index (κ3) is 4.91. The van der Waals surface area contributed by atoms with E-state index in [1.54, 1.807) is 13.1 Å². The highest BCUT2D eigenvalue weighted by atomic mass is 32.2. The molecule has 1 aromatic rings. The van der Waals surface area contributed by atoms with Crippen molar-refractivity contribution in [1.29, 1.82) is 0 Å². The van der Waals surface area contributed by atoms with Crippen molar-refractivity contribution >= 4 is 23.6 Å². The van der Waals surface area contributed by atoms with Gasteiger partial charge in [0.25, 0.3) is 5.91 Å². The number of hydrogen-bond donors (Lipinski definition) is 2. The lowest BCUT2D eigenvalue weighted by Crippen LogP contribution is -2.26. The summed E-state index contributed by atoms with van der Waals surface area (Å²) in [6.45, 7) is 4.66. The fraction of sp³-hybridized carbons (Fsp3) is 0.583. The molecule has 1 aromatic heterocycles. The van der Waals surface area contributed by atoms with E-state index in [4.69, 9.17) is 0 Å². The van der Waals surface area contributed by atoms with Gasteiger partial charge < -0.3 is 10.6 Å². The molecule has 0 spiro atoms. The second-order valence-corrected chi connectivity index (χ2v) is 5.17. The highest BCUT2D eigenvalue weighted by molar-refractivity contribution is 7.99. The number of rotatable bonds is 7. The van der Waals surface area contributed by atoms with Crippen LogP contribution in [0.2, 0.25) is 0 Å². The van der Waals surface area contributed by atoms with Gasteiger partial charge in [0, 0.05) is 19.3 Å². The fourth-order valence-corrected chi connectivity index (χ4v) is 2.04. The standard InChI is InChI=1S/C12H20N4OS/c1-4-18-7-5-6-14-11(17)10-8-9(2)15-12(13-3)16-10/h8H,4-7H2,1-3H3,(H,14,17)(H,13,15,16). The van der Waals surface area contributed by atoms with E-state index in [2.05, 4.69) is 27.5 Å². The molecular formula is C12H20N4OS. The minimum absolute atomic E-state index is 0.140. The van der Waals surface area contributed by atoms with Crippen molar-refractivity contribution in [2.24, 2.45) is 0 Å². The summed E-state index contributed by atoms with van der Waals surface area (Å²) in [7, 11) is 1.73. The normalized spacial score (nSPS) is 10.2. The molecule has 0 aromatic carbocycles. The first kappa shape index (κ1) is 14.8. The summed E-state index contributed by atoms with van der Waals surface area (Å²) in [6.07, 6.45) is 0.979. The van der Waals surface area contributed by atoms with Crippen molar-refractivity contribution in [1.82, 2.24) is 15.3 Å². The zero-order valence-corrected chi connectivity index (χ0v) is 11.9. The number of nitrogens with zero attached hydrogens (tertiary/aromatic N) is 2. The van der Waals surface area contributed by atoms with E-state index < -0.39 is 0 Å². The Labute approximate surface area is 112 Å². The molecule has 6 heteroatoms. The van der Waals surface area contributed by atoms with Gasteiger partial charge in [-0.25, -0.2) is 9.97 Å². The van der Waals surface area contributed by atoms with Crippen LogP contribution in [-0.2, 0) is 0 Å². The van der Waals surface area contributed by atoms with E-state index in [1.165, 1.54) is 0 Å². The molecule has 0 aliphatic rings. The smallest absolute Gasteiger partial charge is 0.270 e. The van der Waals surface area contributed by atoms with Crippen LogP contribution in [-0.4, -0.2) is 41.0 Å². The minimum atomic E-state index is -0.140. The first-order chi connectivity index (χ1) is 8.67. The zero-order valence-electron chi connectivity index (χ0n) is 11.1. The summed E-state index contributed by atoms with van der Waals surface area (Å²) in [5.41, 5.74) is 1.19. The maximum atomic E-state index is 11.9. The molecular weight excluding hydrogens is 248 g/mol. The Morgan fingerprint density at radius 3 is 2.89 bits per heavy atom. The number of aromatic nitrogens is 2. The largest absolute Gasteiger partial charge is 0.357 e. The number of aryl methyl sites for hydroxylation is 1. The predicted molar refractivity (Wildman–Crippen MR) is 76.3 cm³/mol. The molecule has 0 unspecified atom stereocenters. The van der Waals surface area contributed by atoms with Gasteiger partial charge in [0.15, 0.2) is 0 Å². The Hall–Kier alpha value is -1.30. The third-order valence-electron chi connectivity index (χ3n) is 2.27. The van der Waals surface area contributed by atoms with Crippen LogP contribution in [0.15, 0.2) is 6.07 Å². The summed E-state index contributed by atoms with van der Waals surface area (Å²) >= 11 is 1.88. The number of anilines is 1. The van der Waals surface area contributed by atoms with Gasteiger partial charge in [-0.3, -0.25) is 4.79 Å². The van der Waals surface area contributed by atoms with E-state index in [0.717, 1.165) is 23.6 Å². The van der Waals surface area contributed by atoms with Crippen LogP contribution in [0.5, 0.6) is 0 Å². The first-order valence-corrected chi connectivity index (χ1v) is 7.22. The van der Waals surface area contributed by atoms with Crippen LogP contribution in [0.25, 0.3) is 0 Å². The summed E-state index contributed by atoms with van der Waals surface area (Å²) in [5, 5.41) is 5.71. The molecule has 1 amide bonds. The second kappa shape index (κ2) is 7.92. The van der Waals surface area contributed by atoms with Gasteiger partial charge in [-0.05, 0) is 30.9 Å². The van der Waals surface area contributed by atoms with Crippen molar-refractivity contribution in [3.8, 4) is 0 Å². The number of carbonyl (C=O) groups excluding carboxylic acids is 1. The molecule has 0 saturated carbocycles. The summed E-state index contributed by atoms with van der Waals surface area (Å²) < 4.78 is 0. The highest BCUT2D eigenvalue weighted by Gasteiger charge is 2.09. The van der Waals surface area contributed by atoms with Crippen molar-refractivity contribution in [2.75, 3.05) is 30.4 Å². The first-order valence-electron chi connectivity index (χ1n) is 6.06. The Morgan fingerprint density at radius 2 is 2.22 bits per heavy atom. The molecule has 1 rings (SSSR count). The predicted octanol–water partition coefficient (Wildman–Crippen LogP) is 1.70. The number of amides is 1. The van der Waals surface area contributed by atoms with Crippen molar-refractivity contribution in [3.05, 3.63) is 17.5 Å². The van der Waals surface area contributed by atoms with Crippen LogP contribution in [0.4, 0.5) is 5.95 Å². The van der Waals surface area contributed by atoms with Crippen molar-refractivity contribution < 1.29 is 4.79 Å². The summed E-state index contributed by atoms with van der Waals surface area (Å²) in [6, 6.07) is 1.69. The van der Waals surface area contributed by atoms with E-state index in [0.29, 0.717) is 18.2 Å². The molecule has 0 fully saturated rings. The van der Waals surface area contributed by atoms with E-state index >= 15 is 0 Å². The molecule has 18 heavy (non-hydrogen) atoms. The van der Waals surface area contributed by atoms with Crippen LogP contribution in [0.1, 0.15) is 29.5 Å². The molecule has 5 nitrogen and oxygen atoms in total. The summed E-state index contributed by atoms with van der Waals surface area (Å²) in [5.74, 6) is 2.52. The van der Waals surface area contributed by atoms with Crippen molar-refractivity contribution in [2.45, 2.75) is 20.3 Å². The van der Waals surface area contributed by atoms with E-state index in [-0.39, 0.29) is 5.91 Å². The zero-order chi connectivity index (χ0) is 13.4. The van der Waals surface area contributed by atoms with Gasteiger partial charge in [-0.2, -0.15) is 11.8 Å². The third-order valence-corrected chi connectivity index (χ3v) is 3.25. The quantitative estimate of drug-likeness (QED) is 0.737. The number of carbonyl (C=O) groups is 1. The van der Waals surface area contributed by atoms with Gasteiger partial charge >= 0.3 is 0 Å². The lowest BCUT2D eigenvalue weighted by atomic mass is 10.3. The molecule has 2 N–H and O–H groups in total.